The highest BCUT2D eigenvalue weighted by Crippen LogP contribution is 2.14. The number of para-hydroxylation sites is 1. The molecule has 0 bridgehead atoms. The van der Waals surface area contributed by atoms with Crippen molar-refractivity contribution in [1.29, 1.82) is 0 Å². The zero-order valence-corrected chi connectivity index (χ0v) is 9.16. The number of carbonyl (C=O) groups excluding carboxylic acids is 1. The fraction of sp³-hybridized carbons (Fsp3) is 0.250. The van der Waals surface area contributed by atoms with E-state index in [9.17, 15) is 4.79 Å². The second-order valence-electron chi connectivity index (χ2n) is 3.88. The third kappa shape index (κ3) is 2.06. The first-order valence-electron chi connectivity index (χ1n) is 5.29. The number of fused-ring (bicyclic) bond motifs is 1. The lowest BCUT2D eigenvalue weighted by Gasteiger charge is -2.09. The predicted octanol–water partition coefficient (Wildman–Crippen LogP) is 1.24. The predicted molar refractivity (Wildman–Crippen MR) is 64.3 cm³/mol. The number of amides is 1. The smallest absolute Gasteiger partial charge is 0.267 e. The third-order valence-corrected chi connectivity index (χ3v) is 2.51. The van der Waals surface area contributed by atoms with Crippen molar-refractivity contribution < 1.29 is 4.79 Å². The summed E-state index contributed by atoms with van der Waals surface area (Å²) < 4.78 is 0. The van der Waals surface area contributed by atoms with Gasteiger partial charge < -0.3 is 16.0 Å². The molecule has 0 unspecified atom stereocenters. The van der Waals surface area contributed by atoms with Crippen LogP contribution in [0.15, 0.2) is 30.3 Å². The molecule has 4 heteroatoms. The molecule has 0 aliphatic rings. The number of rotatable bonds is 3. The van der Waals surface area contributed by atoms with Gasteiger partial charge in [0, 0.05) is 23.5 Å². The number of hydrogen-bond acceptors (Lipinski definition) is 2. The van der Waals surface area contributed by atoms with Gasteiger partial charge in [-0.05, 0) is 19.1 Å². The Balaban J connectivity index is 2.23. The number of nitrogens with one attached hydrogen (secondary N) is 2. The minimum absolute atomic E-state index is 0.0149. The van der Waals surface area contributed by atoms with Crippen LogP contribution in [-0.2, 0) is 0 Å². The van der Waals surface area contributed by atoms with Crippen LogP contribution in [0.2, 0.25) is 0 Å². The largest absolute Gasteiger partial charge is 0.351 e. The molecule has 4 N–H and O–H groups in total. The SMILES string of the molecule is C[C@H](CN)NC(=O)c1cc2ccccc2[nH]1. The molecule has 0 saturated carbocycles. The fourth-order valence-electron chi connectivity index (χ4n) is 1.56. The molecule has 1 heterocycles. The molecule has 1 aromatic heterocycles. The molecular formula is C12H15N3O. The zero-order valence-electron chi connectivity index (χ0n) is 9.16. The van der Waals surface area contributed by atoms with Crippen LogP contribution < -0.4 is 11.1 Å². The van der Waals surface area contributed by atoms with Crippen molar-refractivity contribution in [2.24, 2.45) is 5.73 Å². The molecule has 84 valence electrons. The second-order valence-corrected chi connectivity index (χ2v) is 3.88. The monoisotopic (exact) mass is 217 g/mol. The van der Waals surface area contributed by atoms with E-state index < -0.39 is 0 Å². The number of hydrogen-bond donors (Lipinski definition) is 3. The van der Waals surface area contributed by atoms with Crippen molar-refractivity contribution in [3.05, 3.63) is 36.0 Å². The Morgan fingerprint density at radius 1 is 1.50 bits per heavy atom. The molecule has 16 heavy (non-hydrogen) atoms. The summed E-state index contributed by atoms with van der Waals surface area (Å²) >= 11 is 0. The van der Waals surface area contributed by atoms with E-state index in [1.165, 1.54) is 0 Å². The van der Waals surface area contributed by atoms with Crippen LogP contribution >= 0.6 is 0 Å². The molecule has 0 aliphatic carbocycles. The van der Waals surface area contributed by atoms with Crippen LogP contribution in [0.25, 0.3) is 10.9 Å². The highest BCUT2D eigenvalue weighted by atomic mass is 16.1. The van der Waals surface area contributed by atoms with Gasteiger partial charge in [0.1, 0.15) is 5.69 Å². The van der Waals surface area contributed by atoms with Crippen molar-refractivity contribution in [1.82, 2.24) is 10.3 Å². The lowest BCUT2D eigenvalue weighted by Crippen LogP contribution is -2.37. The van der Waals surface area contributed by atoms with Gasteiger partial charge in [0.15, 0.2) is 0 Å². The van der Waals surface area contributed by atoms with E-state index in [2.05, 4.69) is 10.3 Å². The van der Waals surface area contributed by atoms with E-state index in [0.717, 1.165) is 10.9 Å². The Kier molecular flexibility index (Phi) is 2.92. The second kappa shape index (κ2) is 4.37. The third-order valence-electron chi connectivity index (χ3n) is 2.51. The molecule has 0 saturated heterocycles. The van der Waals surface area contributed by atoms with E-state index in [1.807, 2.05) is 37.3 Å². The van der Waals surface area contributed by atoms with Crippen LogP contribution in [0, 0.1) is 0 Å². The van der Waals surface area contributed by atoms with E-state index in [0.29, 0.717) is 12.2 Å². The molecule has 2 rings (SSSR count). The number of H-pyrrole nitrogens is 1. The van der Waals surface area contributed by atoms with Gasteiger partial charge in [-0.3, -0.25) is 4.79 Å². The van der Waals surface area contributed by atoms with E-state index >= 15 is 0 Å². The van der Waals surface area contributed by atoms with Gasteiger partial charge in [-0.2, -0.15) is 0 Å². The lowest BCUT2D eigenvalue weighted by atomic mass is 10.2. The minimum Gasteiger partial charge on any atom is -0.351 e. The first kappa shape index (κ1) is 10.7. The van der Waals surface area contributed by atoms with Gasteiger partial charge >= 0.3 is 0 Å². The van der Waals surface area contributed by atoms with Crippen molar-refractivity contribution in [2.75, 3.05) is 6.54 Å². The van der Waals surface area contributed by atoms with E-state index in [4.69, 9.17) is 5.73 Å². The summed E-state index contributed by atoms with van der Waals surface area (Å²) in [6.07, 6.45) is 0. The average molecular weight is 217 g/mol. The van der Waals surface area contributed by atoms with Gasteiger partial charge in [-0.25, -0.2) is 0 Å². The van der Waals surface area contributed by atoms with Crippen LogP contribution in [0.3, 0.4) is 0 Å². The number of carbonyl (C=O) groups is 1. The molecule has 4 nitrogen and oxygen atoms in total. The Bertz CT molecular complexity index is 471. The maximum atomic E-state index is 11.8. The summed E-state index contributed by atoms with van der Waals surface area (Å²) in [6, 6.07) is 9.61. The molecule has 0 radical (unpaired) electrons. The van der Waals surface area contributed by atoms with Gasteiger partial charge in [0.2, 0.25) is 0 Å². The molecule has 0 aliphatic heterocycles. The summed E-state index contributed by atoms with van der Waals surface area (Å²) in [5.41, 5.74) is 6.99. The summed E-state index contributed by atoms with van der Waals surface area (Å²) in [6.45, 7) is 2.31. The zero-order chi connectivity index (χ0) is 11.5. The van der Waals surface area contributed by atoms with E-state index in [-0.39, 0.29) is 11.9 Å². The Labute approximate surface area is 93.8 Å². The lowest BCUT2D eigenvalue weighted by molar-refractivity contribution is 0.0937. The summed E-state index contributed by atoms with van der Waals surface area (Å²) in [5.74, 6) is -0.117. The highest BCUT2D eigenvalue weighted by Gasteiger charge is 2.10. The normalized spacial score (nSPS) is 12.6. The van der Waals surface area contributed by atoms with Gasteiger partial charge in [0.25, 0.3) is 5.91 Å². The van der Waals surface area contributed by atoms with Crippen molar-refractivity contribution in [3.63, 3.8) is 0 Å². The number of aromatic amines is 1. The Hall–Kier alpha value is -1.81. The van der Waals surface area contributed by atoms with Crippen molar-refractivity contribution >= 4 is 16.8 Å². The van der Waals surface area contributed by atoms with Crippen LogP contribution in [0.5, 0.6) is 0 Å². The topological polar surface area (TPSA) is 70.9 Å². The van der Waals surface area contributed by atoms with Crippen molar-refractivity contribution in [3.8, 4) is 0 Å². The van der Waals surface area contributed by atoms with Gasteiger partial charge in [0.05, 0.1) is 0 Å². The molecule has 2 aromatic rings. The Morgan fingerprint density at radius 2 is 2.25 bits per heavy atom. The van der Waals surface area contributed by atoms with Gasteiger partial charge in [-0.15, -0.1) is 0 Å². The quantitative estimate of drug-likeness (QED) is 0.724. The molecular weight excluding hydrogens is 202 g/mol. The highest BCUT2D eigenvalue weighted by molar-refractivity contribution is 5.98. The average Bonchev–Trinajstić information content (AvgIpc) is 2.72. The minimum atomic E-state index is -0.117. The molecule has 0 spiro atoms. The first-order chi connectivity index (χ1) is 7.70. The standard InChI is InChI=1S/C12H15N3O/c1-8(7-13)14-12(16)11-6-9-4-2-3-5-10(9)15-11/h2-6,8,15H,7,13H2,1H3,(H,14,16)/t8-/m1/s1. The van der Waals surface area contributed by atoms with Crippen molar-refractivity contribution in [2.45, 2.75) is 13.0 Å². The van der Waals surface area contributed by atoms with Crippen LogP contribution in [0.4, 0.5) is 0 Å². The molecule has 1 amide bonds. The molecule has 0 fully saturated rings. The van der Waals surface area contributed by atoms with Crippen LogP contribution in [0.1, 0.15) is 17.4 Å². The van der Waals surface area contributed by atoms with E-state index in [1.54, 1.807) is 0 Å². The summed E-state index contributed by atoms with van der Waals surface area (Å²) in [4.78, 5) is 14.9. The molecule has 1 atom stereocenters. The summed E-state index contributed by atoms with van der Waals surface area (Å²) in [7, 11) is 0. The number of aromatic nitrogens is 1. The fourth-order valence-corrected chi connectivity index (χ4v) is 1.56. The Morgan fingerprint density at radius 3 is 2.94 bits per heavy atom. The van der Waals surface area contributed by atoms with Crippen LogP contribution in [-0.4, -0.2) is 23.5 Å². The maximum absolute atomic E-state index is 11.8. The maximum Gasteiger partial charge on any atom is 0.267 e. The summed E-state index contributed by atoms with van der Waals surface area (Å²) in [5, 5.41) is 3.85. The number of nitrogens with two attached hydrogens (primary N) is 1. The molecule has 1 aromatic carbocycles. The first-order valence-corrected chi connectivity index (χ1v) is 5.29. The van der Waals surface area contributed by atoms with Gasteiger partial charge in [-0.1, -0.05) is 18.2 Å². The number of benzene rings is 1.